The van der Waals surface area contributed by atoms with Crippen molar-refractivity contribution in [3.8, 4) is 37.7 Å². The maximum absolute atomic E-state index is 14.4. The van der Waals surface area contributed by atoms with Crippen LogP contribution in [0.4, 0.5) is 0 Å². The summed E-state index contributed by atoms with van der Waals surface area (Å²) in [4.78, 5) is 54.4. The van der Waals surface area contributed by atoms with Crippen molar-refractivity contribution in [1.82, 2.24) is 39.7 Å². The fourth-order valence-electron chi connectivity index (χ4n) is 9.15. The minimum atomic E-state index is -0.571. The lowest BCUT2D eigenvalue weighted by Gasteiger charge is -2.30. The third-order valence-corrected chi connectivity index (χ3v) is 15.1. The van der Waals surface area contributed by atoms with Crippen LogP contribution in [0.3, 0.4) is 0 Å². The molecule has 4 aromatic heterocycles. The van der Waals surface area contributed by atoms with E-state index in [0.29, 0.717) is 18.8 Å². The number of carbonyl (C=O) groups is 3. The highest BCUT2D eigenvalue weighted by molar-refractivity contribution is 7.15. The molecule has 66 heavy (non-hydrogen) atoms. The van der Waals surface area contributed by atoms with Crippen molar-refractivity contribution in [3.63, 3.8) is 0 Å². The van der Waals surface area contributed by atoms with E-state index in [1.54, 1.807) is 38.5 Å². The number of nitrogens with zero attached hydrogens (tertiary/aromatic N) is 8. The molecule has 1 fully saturated rings. The number of methoxy groups -OCH3 is 1. The van der Waals surface area contributed by atoms with Gasteiger partial charge in [-0.2, -0.15) is 5.10 Å². The highest BCUT2D eigenvalue weighted by Gasteiger charge is 2.40. The quantitative estimate of drug-likeness (QED) is 0.119. The first-order valence-corrected chi connectivity index (χ1v) is 24.0. The molecule has 2 amide bonds. The molecular weight excluding hydrogens is 867 g/mol. The zero-order valence-corrected chi connectivity index (χ0v) is 40.0. The second-order valence-corrected chi connectivity index (χ2v) is 19.6. The molecule has 9 rings (SSSR count). The first-order valence-electron chi connectivity index (χ1n) is 22.3. The average molecular weight is 920 g/mol. The Labute approximate surface area is 392 Å². The molecule has 0 spiro atoms. The van der Waals surface area contributed by atoms with Gasteiger partial charge >= 0.3 is 5.97 Å². The van der Waals surface area contributed by atoms with E-state index < -0.39 is 18.1 Å². The molecule has 0 aliphatic carbocycles. The van der Waals surface area contributed by atoms with Gasteiger partial charge in [-0.1, -0.05) is 86.6 Å². The summed E-state index contributed by atoms with van der Waals surface area (Å²) in [6.07, 6.45) is 5.16. The molecule has 2 aliphatic rings. The summed E-state index contributed by atoms with van der Waals surface area (Å²) in [5.74, 6) is 0.695. The number of rotatable bonds is 12. The molecule has 338 valence electrons. The fraction of sp³-hybridized carbons (Fsp3) is 0.333. The minimum Gasteiger partial charge on any atom is -0.469 e. The third-order valence-electron chi connectivity index (χ3n) is 12.9. The van der Waals surface area contributed by atoms with Gasteiger partial charge < -0.3 is 15.0 Å². The van der Waals surface area contributed by atoms with Crippen LogP contribution in [0.2, 0.25) is 0 Å². The second kappa shape index (κ2) is 18.4. The van der Waals surface area contributed by atoms with Gasteiger partial charge in [0.2, 0.25) is 11.8 Å². The van der Waals surface area contributed by atoms with Crippen LogP contribution >= 0.6 is 22.7 Å². The van der Waals surface area contributed by atoms with E-state index in [1.807, 2.05) is 63.0 Å². The maximum Gasteiger partial charge on any atom is 0.308 e. The van der Waals surface area contributed by atoms with Crippen LogP contribution in [0.5, 0.6) is 0 Å². The molecule has 15 heteroatoms. The largest absolute Gasteiger partial charge is 0.469 e. The number of benzene rings is 3. The fourth-order valence-corrected chi connectivity index (χ4v) is 11.2. The van der Waals surface area contributed by atoms with Crippen molar-refractivity contribution in [2.75, 3.05) is 13.7 Å². The predicted molar refractivity (Wildman–Crippen MR) is 259 cm³/mol. The topological polar surface area (TPSA) is 149 Å². The van der Waals surface area contributed by atoms with Crippen molar-refractivity contribution in [2.24, 2.45) is 10.9 Å². The number of thiophene rings is 1. The number of nitrogens with one attached hydrogen (secondary N) is 1. The molecular formula is C51H53N9O4S2. The van der Waals surface area contributed by atoms with Gasteiger partial charge in [-0.05, 0) is 86.8 Å². The summed E-state index contributed by atoms with van der Waals surface area (Å²) < 4.78 is 8.85. The summed E-state index contributed by atoms with van der Waals surface area (Å²) in [7, 11) is 1.39. The Morgan fingerprint density at radius 2 is 1.50 bits per heavy atom. The minimum absolute atomic E-state index is 0.0477. The number of thiazole rings is 1. The van der Waals surface area contributed by atoms with Crippen LogP contribution in [0, 0.1) is 33.6 Å². The van der Waals surface area contributed by atoms with E-state index in [-0.39, 0.29) is 36.2 Å². The number of carbonyl (C=O) groups excluding carboxylic acids is 3. The van der Waals surface area contributed by atoms with E-state index in [0.717, 1.165) is 83.6 Å². The smallest absolute Gasteiger partial charge is 0.308 e. The monoisotopic (exact) mass is 919 g/mol. The second-order valence-electron chi connectivity index (χ2n) is 17.5. The van der Waals surface area contributed by atoms with E-state index >= 15 is 0 Å². The van der Waals surface area contributed by atoms with Crippen molar-refractivity contribution in [3.05, 3.63) is 135 Å². The molecule has 4 unspecified atom stereocenters. The lowest BCUT2D eigenvalue weighted by atomic mass is 9.96. The van der Waals surface area contributed by atoms with Gasteiger partial charge in [0.15, 0.2) is 5.82 Å². The lowest BCUT2D eigenvalue weighted by molar-refractivity contribution is -0.142. The van der Waals surface area contributed by atoms with Gasteiger partial charge in [0.05, 0.1) is 47.6 Å². The number of aryl methyl sites for hydroxylation is 3. The Balaban J connectivity index is 0.894. The Morgan fingerprint density at radius 1 is 0.848 bits per heavy atom. The van der Waals surface area contributed by atoms with Crippen molar-refractivity contribution < 1.29 is 19.1 Å². The van der Waals surface area contributed by atoms with Gasteiger partial charge in [0, 0.05) is 34.3 Å². The Bertz CT molecular complexity index is 2960. The standard InChI is InChI=1S/C51H53N9O4S2/c1-28(2)46(50(63)58-23-9-10-42(58)49(62)54-30(4)34-11-21-39(22-12-34)47-31(5)52-27-65-47)59-26-40(25-53-59)37-15-13-35(14-16-37)36-17-19-38(20-18-36)45-44-29(3)32(6)66-51(44)60-33(7)56-57-48(60)41(55-45)24-43(61)64-8/h11-22,25-28,30,41-42,46H,9-10,23-24H2,1-8H3,(H,54,62). The summed E-state index contributed by atoms with van der Waals surface area (Å²) in [6.45, 7) is 14.7. The van der Waals surface area contributed by atoms with Crippen molar-refractivity contribution in [2.45, 2.75) is 91.9 Å². The van der Waals surface area contributed by atoms with Crippen LogP contribution < -0.4 is 5.32 Å². The molecule has 13 nitrogen and oxygen atoms in total. The molecule has 4 atom stereocenters. The van der Waals surface area contributed by atoms with E-state index in [9.17, 15) is 14.4 Å². The number of aliphatic imine (C=N–C) groups is 1. The van der Waals surface area contributed by atoms with Crippen LogP contribution in [0.25, 0.3) is 37.7 Å². The zero-order valence-electron chi connectivity index (χ0n) is 38.4. The number of ether oxygens (including phenoxy) is 1. The Kier molecular flexibility index (Phi) is 12.4. The number of hydrogen-bond acceptors (Lipinski definition) is 11. The van der Waals surface area contributed by atoms with Gasteiger partial charge in [-0.3, -0.25) is 28.6 Å². The number of esters is 1. The third kappa shape index (κ3) is 8.41. The van der Waals surface area contributed by atoms with Gasteiger partial charge in [-0.15, -0.1) is 32.9 Å². The normalized spacial score (nSPS) is 16.6. The number of hydrogen-bond donors (Lipinski definition) is 1. The maximum atomic E-state index is 14.4. The Morgan fingerprint density at radius 3 is 2.14 bits per heavy atom. The van der Waals surface area contributed by atoms with Gasteiger partial charge in [0.25, 0.3) is 0 Å². The van der Waals surface area contributed by atoms with E-state index in [1.165, 1.54) is 12.0 Å². The number of aromatic nitrogens is 6. The number of likely N-dealkylation sites (tertiary alicyclic amines) is 1. The molecule has 2 aliphatic heterocycles. The van der Waals surface area contributed by atoms with Crippen LogP contribution in [0.15, 0.2) is 95.7 Å². The first-order chi connectivity index (χ1) is 31.8. The van der Waals surface area contributed by atoms with Crippen molar-refractivity contribution >= 4 is 46.2 Å². The molecule has 7 aromatic rings. The molecule has 0 saturated carbocycles. The molecule has 1 N–H and O–H groups in total. The highest BCUT2D eigenvalue weighted by atomic mass is 32.1. The van der Waals surface area contributed by atoms with Gasteiger partial charge in [0.1, 0.15) is 29.0 Å². The molecule has 0 radical (unpaired) electrons. The molecule has 6 heterocycles. The van der Waals surface area contributed by atoms with E-state index in [2.05, 4.69) is 95.0 Å². The predicted octanol–water partition coefficient (Wildman–Crippen LogP) is 9.74. The summed E-state index contributed by atoms with van der Waals surface area (Å²) in [5, 5.41) is 17.7. The summed E-state index contributed by atoms with van der Waals surface area (Å²) in [5.41, 5.74) is 12.8. The van der Waals surface area contributed by atoms with Crippen LogP contribution in [-0.2, 0) is 19.1 Å². The van der Waals surface area contributed by atoms with Crippen LogP contribution in [0.1, 0.15) is 103 Å². The van der Waals surface area contributed by atoms with Crippen molar-refractivity contribution in [1.29, 1.82) is 0 Å². The summed E-state index contributed by atoms with van der Waals surface area (Å²) >= 11 is 3.29. The Hall–Kier alpha value is -6.58. The average Bonchev–Trinajstić information content (AvgIpc) is 4.18. The molecule has 3 aromatic carbocycles. The molecule has 0 bridgehead atoms. The first kappa shape index (κ1) is 44.6. The van der Waals surface area contributed by atoms with Crippen LogP contribution in [-0.4, -0.2) is 77.6 Å². The molecule has 1 saturated heterocycles. The highest BCUT2D eigenvalue weighted by Crippen LogP contribution is 2.40. The lowest BCUT2D eigenvalue weighted by Crippen LogP contribution is -2.49. The zero-order chi connectivity index (χ0) is 46.4. The number of amides is 2. The number of fused-ring (bicyclic) bond motifs is 3. The summed E-state index contributed by atoms with van der Waals surface area (Å²) in [6, 6.07) is 23.0. The van der Waals surface area contributed by atoms with Gasteiger partial charge in [-0.25, -0.2) is 4.98 Å². The van der Waals surface area contributed by atoms with E-state index in [4.69, 9.17) is 14.8 Å². The SMILES string of the molecule is COC(=O)CC1N=C(c2ccc(-c3ccc(-c4cnn(C(C(=O)N5CCCC5C(=O)NC(C)c5ccc(-c6scnc6C)cc5)C(C)C)c4)cc3)cc2)c2c(sc(C)c2C)-n2c(C)nnc21.